The lowest BCUT2D eigenvalue weighted by Crippen LogP contribution is -2.34. The molecular weight excluding hydrogens is 280 g/mol. The third-order valence-corrected chi connectivity index (χ3v) is 4.10. The Morgan fingerprint density at radius 1 is 0.950 bits per heavy atom. The quantitative estimate of drug-likeness (QED) is 0.842. The van der Waals surface area contributed by atoms with Crippen molar-refractivity contribution in [3.63, 3.8) is 0 Å². The van der Waals surface area contributed by atoms with Crippen LogP contribution in [0.15, 0.2) is 42.5 Å². The minimum atomic E-state index is -0.300. The van der Waals surface area contributed by atoms with Crippen molar-refractivity contribution in [2.45, 2.75) is 24.8 Å². The molecule has 104 valence electrons. The molecule has 20 heavy (non-hydrogen) atoms. The first kappa shape index (κ1) is 13.4. The van der Waals surface area contributed by atoms with Crippen LogP contribution < -0.4 is 5.32 Å². The molecule has 0 aromatic heterocycles. The van der Waals surface area contributed by atoms with Crippen LogP contribution >= 0.6 is 11.6 Å². The van der Waals surface area contributed by atoms with E-state index >= 15 is 0 Å². The third kappa shape index (κ3) is 2.78. The summed E-state index contributed by atoms with van der Waals surface area (Å²) in [6.07, 6.45) is 1.89. The van der Waals surface area contributed by atoms with Crippen molar-refractivity contribution in [3.05, 3.63) is 64.7 Å². The summed E-state index contributed by atoms with van der Waals surface area (Å²) in [5.41, 5.74) is 1.78. The highest BCUT2D eigenvalue weighted by Gasteiger charge is 2.30. The normalized spacial score (nSPS) is 21.4. The summed E-state index contributed by atoms with van der Waals surface area (Å²) in [6.45, 7) is 0. The van der Waals surface area contributed by atoms with Gasteiger partial charge >= 0.3 is 0 Å². The van der Waals surface area contributed by atoms with Crippen LogP contribution in [-0.4, -0.2) is 6.04 Å². The summed E-state index contributed by atoms with van der Waals surface area (Å²) in [4.78, 5) is 0. The van der Waals surface area contributed by atoms with Crippen molar-refractivity contribution in [1.29, 1.82) is 0 Å². The van der Waals surface area contributed by atoms with E-state index in [9.17, 15) is 8.78 Å². The highest BCUT2D eigenvalue weighted by atomic mass is 35.5. The van der Waals surface area contributed by atoms with E-state index in [4.69, 9.17) is 11.6 Å². The molecule has 0 radical (unpaired) electrons. The summed E-state index contributed by atoms with van der Waals surface area (Å²) in [7, 11) is 0. The maximum Gasteiger partial charge on any atom is 0.125 e. The number of hydrogen-bond donors (Lipinski definition) is 1. The van der Waals surface area contributed by atoms with E-state index in [1.165, 1.54) is 24.3 Å². The Hall–Kier alpha value is -1.61. The summed E-state index contributed by atoms with van der Waals surface area (Å²) < 4.78 is 26.0. The number of rotatable bonds is 3. The first-order valence-electron chi connectivity index (χ1n) is 6.59. The van der Waals surface area contributed by atoms with Gasteiger partial charge in [0.25, 0.3) is 0 Å². The van der Waals surface area contributed by atoms with Crippen LogP contribution in [0.5, 0.6) is 0 Å². The number of nitrogens with one attached hydrogen (secondary N) is 1. The van der Waals surface area contributed by atoms with Crippen molar-refractivity contribution < 1.29 is 8.78 Å². The molecule has 0 unspecified atom stereocenters. The SMILES string of the molecule is Fc1ccc(C2CC(Nc3cc(F)ccc3Cl)C2)cc1. The molecule has 0 saturated heterocycles. The Morgan fingerprint density at radius 2 is 1.60 bits per heavy atom. The fourth-order valence-electron chi connectivity index (χ4n) is 2.57. The lowest BCUT2D eigenvalue weighted by Gasteiger charge is -2.37. The molecule has 0 atom stereocenters. The molecule has 1 saturated carbocycles. The van der Waals surface area contributed by atoms with E-state index in [0.29, 0.717) is 16.6 Å². The Morgan fingerprint density at radius 3 is 2.30 bits per heavy atom. The Bertz CT molecular complexity index is 606. The first-order chi connectivity index (χ1) is 9.61. The van der Waals surface area contributed by atoms with Gasteiger partial charge in [-0.05, 0) is 54.7 Å². The molecule has 2 aromatic rings. The van der Waals surface area contributed by atoms with Crippen molar-refractivity contribution in [1.82, 2.24) is 0 Å². The van der Waals surface area contributed by atoms with Crippen LogP contribution in [-0.2, 0) is 0 Å². The molecule has 2 aromatic carbocycles. The second-order valence-corrected chi connectivity index (χ2v) is 5.59. The van der Waals surface area contributed by atoms with Crippen LogP contribution in [0, 0.1) is 11.6 Å². The number of benzene rings is 2. The highest BCUT2D eigenvalue weighted by molar-refractivity contribution is 6.33. The minimum Gasteiger partial charge on any atom is -0.381 e. The molecule has 0 spiro atoms. The van der Waals surface area contributed by atoms with Crippen molar-refractivity contribution in [2.75, 3.05) is 5.32 Å². The summed E-state index contributed by atoms with van der Waals surface area (Å²) in [5.74, 6) is -0.0824. The van der Waals surface area contributed by atoms with Crippen LogP contribution in [0.4, 0.5) is 14.5 Å². The topological polar surface area (TPSA) is 12.0 Å². The summed E-state index contributed by atoms with van der Waals surface area (Å²) >= 11 is 6.02. The summed E-state index contributed by atoms with van der Waals surface area (Å²) in [6, 6.07) is 11.2. The van der Waals surface area contributed by atoms with Gasteiger partial charge < -0.3 is 5.32 Å². The third-order valence-electron chi connectivity index (χ3n) is 3.77. The predicted octanol–water partition coefficient (Wildman–Crippen LogP) is 4.98. The van der Waals surface area contributed by atoms with Gasteiger partial charge in [0, 0.05) is 6.04 Å². The fourth-order valence-corrected chi connectivity index (χ4v) is 2.74. The van der Waals surface area contributed by atoms with Gasteiger partial charge in [-0.3, -0.25) is 0 Å². The molecular formula is C16H14ClF2N. The standard InChI is InChI=1S/C16H14ClF2N/c17-15-6-5-13(19)9-16(15)20-14-7-11(8-14)10-1-3-12(18)4-2-10/h1-6,9,11,14,20H,7-8H2. The number of hydrogen-bond acceptors (Lipinski definition) is 1. The average molecular weight is 294 g/mol. The van der Waals surface area contributed by atoms with E-state index in [1.807, 2.05) is 12.1 Å². The average Bonchev–Trinajstić information content (AvgIpc) is 2.39. The second-order valence-electron chi connectivity index (χ2n) is 5.19. The van der Waals surface area contributed by atoms with E-state index < -0.39 is 0 Å². The predicted molar refractivity (Wildman–Crippen MR) is 77.2 cm³/mol. The summed E-state index contributed by atoms with van der Waals surface area (Å²) in [5, 5.41) is 3.78. The van der Waals surface area contributed by atoms with E-state index in [0.717, 1.165) is 18.4 Å². The monoisotopic (exact) mass is 293 g/mol. The van der Waals surface area contributed by atoms with Gasteiger partial charge in [0.1, 0.15) is 11.6 Å². The van der Waals surface area contributed by atoms with Gasteiger partial charge in [-0.1, -0.05) is 23.7 Å². The van der Waals surface area contributed by atoms with E-state index in [1.54, 1.807) is 6.07 Å². The second kappa shape index (κ2) is 5.41. The zero-order valence-electron chi connectivity index (χ0n) is 10.7. The Balaban J connectivity index is 1.60. The zero-order chi connectivity index (χ0) is 14.1. The smallest absolute Gasteiger partial charge is 0.125 e. The molecule has 0 amide bonds. The molecule has 1 fully saturated rings. The van der Waals surface area contributed by atoms with E-state index in [-0.39, 0.29) is 17.7 Å². The van der Waals surface area contributed by atoms with Crippen LogP contribution in [0.2, 0.25) is 5.02 Å². The van der Waals surface area contributed by atoms with Crippen molar-refractivity contribution in [2.24, 2.45) is 0 Å². The molecule has 0 bridgehead atoms. The van der Waals surface area contributed by atoms with Crippen molar-refractivity contribution >= 4 is 17.3 Å². The molecule has 1 aliphatic rings. The minimum absolute atomic E-state index is 0.214. The molecule has 0 aliphatic heterocycles. The lowest BCUT2D eigenvalue weighted by atomic mass is 9.76. The molecule has 1 N–H and O–H groups in total. The van der Waals surface area contributed by atoms with Crippen LogP contribution in [0.3, 0.4) is 0 Å². The maximum atomic E-state index is 13.2. The van der Waals surface area contributed by atoms with Gasteiger partial charge in [0.15, 0.2) is 0 Å². The molecule has 1 aliphatic carbocycles. The molecule has 1 nitrogen and oxygen atoms in total. The Kier molecular flexibility index (Phi) is 3.62. The van der Waals surface area contributed by atoms with Gasteiger partial charge in [-0.15, -0.1) is 0 Å². The lowest BCUT2D eigenvalue weighted by molar-refractivity contribution is 0.374. The van der Waals surface area contributed by atoms with Crippen LogP contribution in [0.1, 0.15) is 24.3 Å². The highest BCUT2D eigenvalue weighted by Crippen LogP contribution is 2.39. The zero-order valence-corrected chi connectivity index (χ0v) is 11.5. The molecule has 0 heterocycles. The molecule has 4 heteroatoms. The van der Waals surface area contributed by atoms with E-state index in [2.05, 4.69) is 5.32 Å². The van der Waals surface area contributed by atoms with Gasteiger partial charge in [-0.25, -0.2) is 8.78 Å². The molecule has 3 rings (SSSR count). The van der Waals surface area contributed by atoms with Gasteiger partial charge in [0.05, 0.1) is 10.7 Å². The first-order valence-corrected chi connectivity index (χ1v) is 6.96. The van der Waals surface area contributed by atoms with Gasteiger partial charge in [0.2, 0.25) is 0 Å². The number of halogens is 3. The van der Waals surface area contributed by atoms with Crippen molar-refractivity contribution in [3.8, 4) is 0 Å². The Labute approximate surface area is 121 Å². The van der Waals surface area contributed by atoms with Crippen LogP contribution in [0.25, 0.3) is 0 Å². The van der Waals surface area contributed by atoms with Gasteiger partial charge in [-0.2, -0.15) is 0 Å². The maximum absolute atomic E-state index is 13.2. The fraction of sp³-hybridized carbons (Fsp3) is 0.250. The number of anilines is 1. The largest absolute Gasteiger partial charge is 0.381 e.